The number of aryl methyl sites for hydroxylation is 1. The molecule has 3 rings (SSSR count). The van der Waals surface area contributed by atoms with Crippen molar-refractivity contribution >= 4 is 17.2 Å². The number of piperazine rings is 1. The monoisotopic (exact) mass is 290 g/mol. The quantitative estimate of drug-likeness (QED) is 0.844. The zero-order valence-electron chi connectivity index (χ0n) is 11.7. The van der Waals surface area contributed by atoms with Gasteiger partial charge in [0.25, 0.3) is 5.91 Å². The minimum Gasteiger partial charge on any atom is -0.337 e. The Hall–Kier alpha value is -1.66. The molecule has 0 saturated carbocycles. The van der Waals surface area contributed by atoms with Crippen LogP contribution < -0.4 is 0 Å². The number of thiophene rings is 1. The maximum atomic E-state index is 12.5. The molecule has 5 nitrogen and oxygen atoms in total. The molecule has 2 aromatic heterocycles. The van der Waals surface area contributed by atoms with E-state index in [1.807, 2.05) is 46.4 Å². The molecule has 0 spiro atoms. The molecule has 1 atom stereocenters. The summed E-state index contributed by atoms with van der Waals surface area (Å²) in [5.74, 6) is 1.14. The number of carbonyl (C=O) groups excluding carboxylic acids is 1. The minimum absolute atomic E-state index is 0.132. The van der Waals surface area contributed by atoms with Gasteiger partial charge in [0.2, 0.25) is 0 Å². The van der Waals surface area contributed by atoms with Crippen molar-refractivity contribution in [3.8, 4) is 0 Å². The summed E-state index contributed by atoms with van der Waals surface area (Å²) in [6.07, 6.45) is 3.76. The molecule has 0 aliphatic carbocycles. The Bertz CT molecular complexity index is 592. The zero-order valence-corrected chi connectivity index (χ0v) is 12.5. The number of carbonyl (C=O) groups is 1. The Kier molecular flexibility index (Phi) is 3.58. The standard InChI is InChI=1S/C14H18N4OS/c1-16-7-8-18(14(19)12-4-3-9-20-12)10-11(16)13-15-5-6-17(13)2/h3-6,9,11H,7-8,10H2,1-2H3/t11-/m0/s1. The number of imidazole rings is 1. The third kappa shape index (κ3) is 2.36. The van der Waals surface area contributed by atoms with Gasteiger partial charge in [-0.15, -0.1) is 11.3 Å². The molecule has 1 saturated heterocycles. The van der Waals surface area contributed by atoms with E-state index in [0.29, 0.717) is 6.54 Å². The van der Waals surface area contributed by atoms with E-state index in [1.54, 1.807) is 0 Å². The highest BCUT2D eigenvalue weighted by Crippen LogP contribution is 2.24. The number of hydrogen-bond donors (Lipinski definition) is 0. The van der Waals surface area contributed by atoms with Gasteiger partial charge in [0.15, 0.2) is 0 Å². The summed E-state index contributed by atoms with van der Waals surface area (Å²) in [7, 11) is 4.09. The van der Waals surface area contributed by atoms with Gasteiger partial charge in [0.05, 0.1) is 10.9 Å². The molecular formula is C14H18N4OS. The van der Waals surface area contributed by atoms with Crippen molar-refractivity contribution in [2.24, 2.45) is 7.05 Å². The average molecular weight is 290 g/mol. The Balaban J connectivity index is 1.80. The van der Waals surface area contributed by atoms with Crippen LogP contribution in [0, 0.1) is 0 Å². The molecule has 0 unspecified atom stereocenters. The van der Waals surface area contributed by atoms with E-state index in [1.165, 1.54) is 11.3 Å². The average Bonchev–Trinajstić information content (AvgIpc) is 3.10. The number of nitrogens with zero attached hydrogens (tertiary/aromatic N) is 4. The maximum Gasteiger partial charge on any atom is 0.264 e. The number of aromatic nitrogens is 2. The summed E-state index contributed by atoms with van der Waals surface area (Å²) in [6, 6.07) is 3.97. The highest BCUT2D eigenvalue weighted by molar-refractivity contribution is 7.12. The summed E-state index contributed by atoms with van der Waals surface area (Å²) in [6.45, 7) is 2.33. The van der Waals surface area contributed by atoms with E-state index >= 15 is 0 Å². The van der Waals surface area contributed by atoms with Gasteiger partial charge in [-0.25, -0.2) is 4.98 Å². The molecule has 106 valence electrons. The van der Waals surface area contributed by atoms with Crippen molar-refractivity contribution in [1.29, 1.82) is 0 Å². The predicted octanol–water partition coefficient (Wildman–Crippen LogP) is 1.61. The number of amides is 1. The Morgan fingerprint density at radius 3 is 2.90 bits per heavy atom. The first-order valence-corrected chi connectivity index (χ1v) is 7.55. The van der Waals surface area contributed by atoms with Crippen molar-refractivity contribution in [1.82, 2.24) is 19.4 Å². The second-order valence-corrected chi connectivity index (χ2v) is 6.07. The summed E-state index contributed by atoms with van der Waals surface area (Å²) in [4.78, 5) is 21.9. The summed E-state index contributed by atoms with van der Waals surface area (Å²) in [5.41, 5.74) is 0. The molecule has 1 aliphatic heterocycles. The van der Waals surface area contributed by atoms with Crippen LogP contribution in [0.25, 0.3) is 0 Å². The van der Waals surface area contributed by atoms with E-state index in [0.717, 1.165) is 23.8 Å². The second kappa shape index (κ2) is 5.38. The lowest BCUT2D eigenvalue weighted by Crippen LogP contribution is -2.49. The van der Waals surface area contributed by atoms with Gasteiger partial charge >= 0.3 is 0 Å². The van der Waals surface area contributed by atoms with Crippen LogP contribution in [0.15, 0.2) is 29.9 Å². The van der Waals surface area contributed by atoms with Crippen molar-refractivity contribution in [3.05, 3.63) is 40.6 Å². The Morgan fingerprint density at radius 2 is 2.25 bits per heavy atom. The first-order valence-electron chi connectivity index (χ1n) is 6.67. The molecule has 0 N–H and O–H groups in total. The summed E-state index contributed by atoms with van der Waals surface area (Å²) < 4.78 is 2.03. The fourth-order valence-electron chi connectivity index (χ4n) is 2.59. The molecule has 1 aliphatic rings. The molecule has 0 bridgehead atoms. The highest BCUT2D eigenvalue weighted by Gasteiger charge is 2.31. The van der Waals surface area contributed by atoms with Gasteiger partial charge in [0, 0.05) is 39.1 Å². The van der Waals surface area contributed by atoms with Crippen LogP contribution in [0.3, 0.4) is 0 Å². The van der Waals surface area contributed by atoms with Gasteiger partial charge in [-0.05, 0) is 18.5 Å². The predicted molar refractivity (Wildman–Crippen MR) is 78.8 cm³/mol. The summed E-state index contributed by atoms with van der Waals surface area (Å²) in [5, 5.41) is 1.94. The van der Waals surface area contributed by atoms with Crippen molar-refractivity contribution < 1.29 is 4.79 Å². The van der Waals surface area contributed by atoms with E-state index in [4.69, 9.17) is 0 Å². The number of likely N-dealkylation sites (N-methyl/N-ethyl adjacent to an activating group) is 1. The molecule has 1 amide bonds. The van der Waals surface area contributed by atoms with Crippen LogP contribution in [-0.4, -0.2) is 51.9 Å². The first-order chi connectivity index (χ1) is 9.66. The SMILES string of the molecule is CN1CCN(C(=O)c2cccs2)C[C@H]1c1nccn1C. The van der Waals surface area contributed by atoms with Crippen molar-refractivity contribution in [2.75, 3.05) is 26.7 Å². The molecule has 20 heavy (non-hydrogen) atoms. The zero-order chi connectivity index (χ0) is 14.1. The van der Waals surface area contributed by atoms with Gasteiger partial charge in [-0.1, -0.05) is 6.07 Å². The molecule has 1 fully saturated rings. The Labute approximate surface area is 122 Å². The van der Waals surface area contributed by atoms with Crippen LogP contribution in [0.5, 0.6) is 0 Å². The second-order valence-electron chi connectivity index (χ2n) is 5.12. The first kappa shape index (κ1) is 13.3. The normalized spacial score (nSPS) is 20.3. The van der Waals surface area contributed by atoms with Crippen molar-refractivity contribution in [2.45, 2.75) is 6.04 Å². The Morgan fingerprint density at radius 1 is 1.40 bits per heavy atom. The molecule has 0 radical (unpaired) electrons. The van der Waals surface area contributed by atoms with Crippen LogP contribution in [0.4, 0.5) is 0 Å². The van der Waals surface area contributed by atoms with E-state index in [-0.39, 0.29) is 11.9 Å². The van der Waals surface area contributed by atoms with E-state index < -0.39 is 0 Å². The topological polar surface area (TPSA) is 41.4 Å². The van der Waals surface area contributed by atoms with E-state index in [9.17, 15) is 4.79 Å². The largest absolute Gasteiger partial charge is 0.337 e. The molecule has 2 aromatic rings. The van der Waals surface area contributed by atoms with Crippen LogP contribution in [0.1, 0.15) is 21.5 Å². The number of hydrogen-bond acceptors (Lipinski definition) is 4. The molecule has 3 heterocycles. The fraction of sp³-hybridized carbons (Fsp3) is 0.429. The van der Waals surface area contributed by atoms with Gasteiger partial charge in [-0.2, -0.15) is 0 Å². The van der Waals surface area contributed by atoms with Gasteiger partial charge < -0.3 is 9.47 Å². The molecular weight excluding hydrogens is 272 g/mol. The third-order valence-corrected chi connectivity index (χ3v) is 4.68. The lowest BCUT2D eigenvalue weighted by atomic mass is 10.1. The van der Waals surface area contributed by atoms with Crippen LogP contribution >= 0.6 is 11.3 Å². The molecule has 6 heteroatoms. The number of rotatable bonds is 2. The lowest BCUT2D eigenvalue weighted by Gasteiger charge is -2.38. The highest BCUT2D eigenvalue weighted by atomic mass is 32.1. The van der Waals surface area contributed by atoms with Gasteiger partial charge in [-0.3, -0.25) is 9.69 Å². The minimum atomic E-state index is 0.132. The van der Waals surface area contributed by atoms with Crippen molar-refractivity contribution in [3.63, 3.8) is 0 Å². The van der Waals surface area contributed by atoms with Gasteiger partial charge in [0.1, 0.15) is 5.82 Å². The summed E-state index contributed by atoms with van der Waals surface area (Å²) >= 11 is 1.50. The smallest absolute Gasteiger partial charge is 0.264 e. The maximum absolute atomic E-state index is 12.5. The lowest BCUT2D eigenvalue weighted by molar-refractivity contribution is 0.0533. The van der Waals surface area contributed by atoms with Crippen LogP contribution in [-0.2, 0) is 7.05 Å². The van der Waals surface area contributed by atoms with E-state index in [2.05, 4.69) is 16.9 Å². The fourth-order valence-corrected chi connectivity index (χ4v) is 3.28. The van der Waals surface area contributed by atoms with Crippen LogP contribution in [0.2, 0.25) is 0 Å². The third-order valence-electron chi connectivity index (χ3n) is 3.82. The molecule has 0 aromatic carbocycles.